The second-order valence-electron chi connectivity index (χ2n) is 18.9. The summed E-state index contributed by atoms with van der Waals surface area (Å²) < 4.78 is 36.6. The van der Waals surface area contributed by atoms with Gasteiger partial charge >= 0.3 is 0 Å². The molecule has 74 heavy (non-hydrogen) atoms. The van der Waals surface area contributed by atoms with Crippen LogP contribution in [-0.4, -0.2) is 97.3 Å². The van der Waals surface area contributed by atoms with Gasteiger partial charge in [-0.25, -0.2) is 18.7 Å². The Kier molecular flexibility index (Phi) is 12.6. The molecular weight excluding hydrogens is 953 g/mol. The molecule has 0 saturated carbocycles. The first-order chi connectivity index (χ1) is 35.8. The zero-order valence-electron chi connectivity index (χ0n) is 40.3. The number of carbonyl (C=O) groups is 6. The maximum atomic E-state index is 14.7. The minimum Gasteiger partial charge on any atom is -0.380 e. The number of piperazine rings is 1. The van der Waals surface area contributed by atoms with Crippen molar-refractivity contribution in [3.8, 4) is 22.3 Å². The minimum atomic E-state index is -1.34. The number of piperidine rings is 2. The van der Waals surface area contributed by atoms with Crippen LogP contribution in [0.1, 0.15) is 87.7 Å². The van der Waals surface area contributed by atoms with E-state index < -0.39 is 47.5 Å². The predicted molar refractivity (Wildman–Crippen MR) is 267 cm³/mol. The van der Waals surface area contributed by atoms with E-state index in [0.717, 1.165) is 44.9 Å². The van der Waals surface area contributed by atoms with Crippen molar-refractivity contribution in [3.63, 3.8) is 0 Å². The van der Waals surface area contributed by atoms with Crippen LogP contribution in [-0.2, 0) is 25.7 Å². The molecule has 4 aliphatic heterocycles. The van der Waals surface area contributed by atoms with E-state index in [1.165, 1.54) is 12.1 Å². The number of imide groups is 2. The number of fused-ring (bicyclic) bond motifs is 2. The minimum absolute atomic E-state index is 0.0711. The summed E-state index contributed by atoms with van der Waals surface area (Å²) in [6.07, 6.45) is 4.71. The molecule has 7 heterocycles. The van der Waals surface area contributed by atoms with Crippen LogP contribution < -0.4 is 26.2 Å². The normalized spacial score (nSPS) is 18.6. The van der Waals surface area contributed by atoms with Crippen LogP contribution in [0.25, 0.3) is 33.3 Å². The fourth-order valence-corrected chi connectivity index (χ4v) is 10.9. The van der Waals surface area contributed by atoms with E-state index in [9.17, 15) is 37.5 Å². The summed E-state index contributed by atoms with van der Waals surface area (Å²) in [6.45, 7) is 4.95. The first-order valence-corrected chi connectivity index (χ1v) is 24.4. The molecule has 3 saturated heterocycles. The lowest BCUT2D eigenvalue weighted by atomic mass is 9.98. The lowest BCUT2D eigenvalue weighted by Crippen LogP contribution is -2.64. The molecule has 376 valence electrons. The van der Waals surface area contributed by atoms with Crippen molar-refractivity contribution in [2.75, 3.05) is 41.7 Å². The van der Waals surface area contributed by atoms with Crippen LogP contribution in [0.4, 0.5) is 25.8 Å². The molecule has 4 aromatic carbocycles. The molecule has 4 N–H and O–H groups in total. The van der Waals surface area contributed by atoms with Crippen LogP contribution in [0.5, 0.6) is 0 Å². The van der Waals surface area contributed by atoms with E-state index in [1.807, 2.05) is 62.4 Å². The Morgan fingerprint density at radius 1 is 0.824 bits per heavy atom. The number of aryl methyl sites for hydroxylation is 2. The van der Waals surface area contributed by atoms with Crippen molar-refractivity contribution in [2.24, 2.45) is 0 Å². The number of hydrogen-bond donors (Lipinski definition) is 4. The zero-order chi connectivity index (χ0) is 51.4. The van der Waals surface area contributed by atoms with Gasteiger partial charge < -0.3 is 24.6 Å². The Labute approximate surface area is 422 Å². The second-order valence-corrected chi connectivity index (χ2v) is 18.9. The number of likely N-dealkylation sites (tertiary alicyclic amines) is 1. The molecule has 6 amide bonds. The number of benzene rings is 4. The summed E-state index contributed by atoms with van der Waals surface area (Å²) in [7, 11) is 0. The van der Waals surface area contributed by atoms with E-state index in [-0.39, 0.29) is 60.7 Å². The largest absolute Gasteiger partial charge is 0.380 e. The third-order valence-electron chi connectivity index (χ3n) is 14.3. The van der Waals surface area contributed by atoms with Crippen molar-refractivity contribution in [2.45, 2.75) is 70.7 Å². The molecule has 0 radical (unpaired) electrons. The number of rotatable bonds is 12. The second kappa shape index (κ2) is 19.5. The van der Waals surface area contributed by atoms with Crippen molar-refractivity contribution in [3.05, 3.63) is 143 Å². The Morgan fingerprint density at radius 3 is 2.41 bits per heavy atom. The quantitative estimate of drug-likeness (QED) is 0.0912. The fraction of sp³-hybridized carbons (Fsp3) is 0.278. The van der Waals surface area contributed by atoms with Crippen LogP contribution >= 0.6 is 0 Å². The zero-order valence-corrected chi connectivity index (χ0v) is 40.3. The number of nitrogens with one attached hydrogen (secondary N) is 4. The van der Waals surface area contributed by atoms with Crippen LogP contribution in [0.3, 0.4) is 0 Å². The topological polar surface area (TPSA) is 217 Å². The lowest BCUT2D eigenvalue weighted by molar-refractivity contribution is -0.136. The number of hydrogen-bond acceptors (Lipinski definition) is 13. The summed E-state index contributed by atoms with van der Waals surface area (Å²) in [5.74, 6) is -3.85. The monoisotopic (exact) mass is 1000 g/mol. The van der Waals surface area contributed by atoms with Gasteiger partial charge in [0.25, 0.3) is 17.7 Å². The van der Waals surface area contributed by atoms with E-state index in [2.05, 4.69) is 40.9 Å². The summed E-state index contributed by atoms with van der Waals surface area (Å²) in [6, 6.07) is 23.0. The van der Waals surface area contributed by atoms with Gasteiger partial charge in [-0.1, -0.05) is 35.5 Å². The number of anilines is 3. The van der Waals surface area contributed by atoms with Crippen molar-refractivity contribution < 1.29 is 42.1 Å². The molecule has 11 rings (SSSR count). The van der Waals surface area contributed by atoms with Crippen molar-refractivity contribution >= 4 is 63.5 Å². The van der Waals surface area contributed by atoms with Gasteiger partial charge in [0.15, 0.2) is 17.8 Å². The highest BCUT2D eigenvalue weighted by molar-refractivity contribution is 6.25. The Morgan fingerprint density at radius 2 is 1.62 bits per heavy atom. The standard InChI is InChI=1S/C54H49F2N11O7/c1-29-48(30(2)74-63-29)31-13-16-43-42(23-31)61-50(44-11-6-12-47(70)65(44)34-14-15-38(55)39(56)24-34)66(43)33-18-21-64(22-19-33)28-46(69)60-40-9-4-3-7-35(40)37-26-57-20-17-32(37)25-58-41-10-5-8-36-49(41)54(73)67(53(36)72)51-52(71)62-45(68)27-59-51/h3-5,7-10,13-17,20,23-24,26,33,44,51,58-59H,6,11-12,18-19,21-22,25,27-28H2,1-2H3,(H,60,69)(H,62,68,71)/t44-,51?/m0/s1. The third-order valence-corrected chi connectivity index (χ3v) is 14.3. The van der Waals surface area contributed by atoms with E-state index in [1.54, 1.807) is 29.4 Å². The number of nitrogens with zero attached hydrogens (tertiary/aromatic N) is 7. The van der Waals surface area contributed by atoms with Crippen LogP contribution in [0.2, 0.25) is 0 Å². The Balaban J connectivity index is 0.802. The van der Waals surface area contributed by atoms with E-state index >= 15 is 0 Å². The first kappa shape index (κ1) is 47.8. The average Bonchev–Trinajstić information content (AvgIpc) is 4.03. The highest BCUT2D eigenvalue weighted by Crippen LogP contribution is 2.42. The number of imidazole rings is 1. The van der Waals surface area contributed by atoms with Crippen LogP contribution in [0.15, 0.2) is 102 Å². The smallest absolute Gasteiger partial charge is 0.265 e. The van der Waals surface area contributed by atoms with Crippen molar-refractivity contribution in [1.82, 2.24) is 40.1 Å². The molecule has 2 atom stereocenters. The fourth-order valence-electron chi connectivity index (χ4n) is 10.9. The number of carbonyl (C=O) groups excluding carboxylic acids is 6. The molecule has 18 nitrogen and oxygen atoms in total. The molecule has 0 bridgehead atoms. The van der Waals surface area contributed by atoms with Gasteiger partial charge in [-0.05, 0) is 99.2 Å². The maximum absolute atomic E-state index is 14.7. The number of halogens is 2. The summed E-state index contributed by atoms with van der Waals surface area (Å²) in [4.78, 5) is 93.4. The number of para-hydroxylation sites is 1. The van der Waals surface area contributed by atoms with E-state index in [4.69, 9.17) is 9.51 Å². The maximum Gasteiger partial charge on any atom is 0.265 e. The lowest BCUT2D eigenvalue weighted by Gasteiger charge is -2.38. The number of amides is 6. The Bertz CT molecular complexity index is 3440. The average molecular weight is 1000 g/mol. The van der Waals surface area contributed by atoms with Gasteiger partial charge in [-0.3, -0.25) is 49.3 Å². The predicted octanol–water partition coefficient (Wildman–Crippen LogP) is 6.96. The number of aromatic nitrogens is 4. The van der Waals surface area contributed by atoms with Crippen molar-refractivity contribution in [1.29, 1.82) is 0 Å². The molecule has 3 fully saturated rings. The Hall–Kier alpha value is -8.49. The highest BCUT2D eigenvalue weighted by atomic mass is 19.2. The van der Waals surface area contributed by atoms with Crippen LogP contribution in [0, 0.1) is 25.5 Å². The van der Waals surface area contributed by atoms with Gasteiger partial charge in [0, 0.05) is 84.3 Å². The molecule has 0 spiro atoms. The molecule has 3 aromatic heterocycles. The molecule has 0 aliphatic carbocycles. The summed E-state index contributed by atoms with van der Waals surface area (Å²) in [5, 5.41) is 15.4. The first-order valence-electron chi connectivity index (χ1n) is 24.4. The molecule has 7 aromatic rings. The molecule has 1 unspecified atom stereocenters. The third kappa shape index (κ3) is 8.74. The van der Waals surface area contributed by atoms with Gasteiger partial charge in [-0.15, -0.1) is 0 Å². The summed E-state index contributed by atoms with van der Waals surface area (Å²) >= 11 is 0. The highest BCUT2D eigenvalue weighted by Gasteiger charge is 2.46. The molecule has 20 heteroatoms. The SMILES string of the molecule is Cc1noc(C)c1-c1ccc2c(c1)nc([C@@H]1CCCC(=O)N1c1ccc(F)c(F)c1)n2C1CCN(CC(=O)Nc2ccccc2-c2cnccc2CNc2cccc3c2C(=O)N(C2NCC(=O)NC2=O)C3=O)CC1. The van der Waals surface area contributed by atoms with Gasteiger partial charge in [0.2, 0.25) is 17.7 Å². The molecular formula is C54H49F2N11O7. The molecule has 4 aliphatic rings. The number of pyridine rings is 1. The van der Waals surface area contributed by atoms with E-state index in [0.29, 0.717) is 78.4 Å². The summed E-state index contributed by atoms with van der Waals surface area (Å²) in [5.41, 5.74) is 7.68. The van der Waals surface area contributed by atoms with Gasteiger partial charge in [0.1, 0.15) is 11.6 Å². The van der Waals surface area contributed by atoms with Gasteiger partial charge in [0.05, 0.1) is 47.0 Å². The van der Waals surface area contributed by atoms with Gasteiger partial charge in [-0.2, -0.15) is 0 Å².